The van der Waals surface area contributed by atoms with Gasteiger partial charge in [0.25, 0.3) is 0 Å². The highest BCUT2D eigenvalue weighted by atomic mass is 16.6. The van der Waals surface area contributed by atoms with Crippen LogP contribution in [0.1, 0.15) is 0 Å². The molecule has 0 bridgehead atoms. The Morgan fingerprint density at radius 2 is 0.774 bits per heavy atom. The SMILES string of the molecule is C=COCCOCCOCCOCCOCCOCCOCCOCCOC(=O)C=C. The van der Waals surface area contributed by atoms with Gasteiger partial charge in [0.2, 0.25) is 0 Å². The molecule has 0 aromatic rings. The van der Waals surface area contributed by atoms with Crippen molar-refractivity contribution in [3.8, 4) is 0 Å². The lowest BCUT2D eigenvalue weighted by Crippen LogP contribution is -2.15. The van der Waals surface area contributed by atoms with E-state index in [4.69, 9.17) is 42.6 Å². The number of carbonyl (C=O) groups excluding carboxylic acids is 1. The van der Waals surface area contributed by atoms with Crippen LogP contribution in [0, 0.1) is 0 Å². The molecule has 0 aliphatic carbocycles. The van der Waals surface area contributed by atoms with Crippen LogP contribution < -0.4 is 0 Å². The van der Waals surface area contributed by atoms with E-state index in [-0.39, 0.29) is 6.61 Å². The molecule has 0 fully saturated rings. The maximum atomic E-state index is 10.8. The van der Waals surface area contributed by atoms with Crippen LogP contribution in [0.3, 0.4) is 0 Å². The van der Waals surface area contributed by atoms with Crippen molar-refractivity contribution in [3.05, 3.63) is 25.5 Å². The fourth-order valence-electron chi connectivity index (χ4n) is 1.87. The Hall–Kier alpha value is -1.53. The van der Waals surface area contributed by atoms with Crippen molar-refractivity contribution in [1.82, 2.24) is 0 Å². The zero-order valence-corrected chi connectivity index (χ0v) is 18.5. The Morgan fingerprint density at radius 3 is 1.06 bits per heavy atom. The summed E-state index contributed by atoms with van der Waals surface area (Å²) in [6.45, 7) is 14.2. The Morgan fingerprint density at radius 1 is 0.484 bits per heavy atom. The summed E-state index contributed by atoms with van der Waals surface area (Å²) in [6, 6.07) is 0. The number of esters is 1. The number of carbonyl (C=O) groups is 1. The van der Waals surface area contributed by atoms with Crippen LogP contribution in [-0.2, 0) is 47.4 Å². The summed E-state index contributed by atoms with van der Waals surface area (Å²) in [5.74, 6) is -0.456. The van der Waals surface area contributed by atoms with Crippen molar-refractivity contribution in [3.63, 3.8) is 0 Å². The van der Waals surface area contributed by atoms with Gasteiger partial charge in [-0.2, -0.15) is 0 Å². The molecule has 0 saturated carbocycles. The molecule has 31 heavy (non-hydrogen) atoms. The van der Waals surface area contributed by atoms with Gasteiger partial charge in [-0.25, -0.2) is 4.79 Å². The second-order valence-electron chi connectivity index (χ2n) is 5.70. The molecular formula is C21H38O10. The van der Waals surface area contributed by atoms with Crippen LogP contribution in [0.2, 0.25) is 0 Å². The molecule has 0 aromatic carbocycles. The summed E-state index contributed by atoms with van der Waals surface area (Å²) in [5, 5.41) is 0. The van der Waals surface area contributed by atoms with E-state index in [2.05, 4.69) is 13.2 Å². The van der Waals surface area contributed by atoms with E-state index in [0.29, 0.717) is 99.1 Å². The Labute approximate surface area is 185 Å². The zero-order valence-electron chi connectivity index (χ0n) is 18.5. The van der Waals surface area contributed by atoms with Crippen LogP contribution in [0.25, 0.3) is 0 Å². The minimum absolute atomic E-state index is 0.204. The van der Waals surface area contributed by atoms with Crippen molar-refractivity contribution in [2.45, 2.75) is 0 Å². The fourth-order valence-corrected chi connectivity index (χ4v) is 1.87. The normalized spacial score (nSPS) is 10.7. The molecule has 0 aliphatic rings. The summed E-state index contributed by atoms with van der Waals surface area (Å²) < 4.78 is 47.1. The average Bonchev–Trinajstić information content (AvgIpc) is 2.78. The van der Waals surface area contributed by atoms with Gasteiger partial charge in [0.05, 0.1) is 98.8 Å². The van der Waals surface area contributed by atoms with E-state index >= 15 is 0 Å². The molecule has 0 N–H and O–H groups in total. The van der Waals surface area contributed by atoms with Crippen molar-refractivity contribution < 1.29 is 47.4 Å². The average molecular weight is 451 g/mol. The molecule has 0 atom stereocenters. The Bertz CT molecular complexity index is 406. The lowest BCUT2D eigenvalue weighted by Gasteiger charge is -2.08. The summed E-state index contributed by atoms with van der Waals surface area (Å²) >= 11 is 0. The maximum Gasteiger partial charge on any atom is 0.330 e. The lowest BCUT2D eigenvalue weighted by atomic mass is 10.6. The minimum Gasteiger partial charge on any atom is -0.499 e. The van der Waals surface area contributed by atoms with Crippen LogP contribution >= 0.6 is 0 Å². The smallest absolute Gasteiger partial charge is 0.330 e. The number of ether oxygens (including phenoxy) is 9. The molecule has 182 valence electrons. The zero-order chi connectivity index (χ0) is 22.7. The van der Waals surface area contributed by atoms with Gasteiger partial charge in [-0.3, -0.25) is 0 Å². The predicted molar refractivity (Wildman–Crippen MR) is 113 cm³/mol. The molecule has 0 rings (SSSR count). The van der Waals surface area contributed by atoms with Crippen molar-refractivity contribution in [2.75, 3.05) is 106 Å². The first kappa shape index (κ1) is 29.5. The van der Waals surface area contributed by atoms with E-state index < -0.39 is 5.97 Å². The highest BCUT2D eigenvalue weighted by Gasteiger charge is 1.96. The molecule has 0 amide bonds. The first-order valence-corrected chi connectivity index (χ1v) is 10.4. The molecule has 0 aliphatic heterocycles. The van der Waals surface area contributed by atoms with E-state index in [1.54, 1.807) is 0 Å². The number of hydrogen-bond acceptors (Lipinski definition) is 10. The maximum absolute atomic E-state index is 10.8. The molecule has 10 heteroatoms. The topological polar surface area (TPSA) is 100 Å². The van der Waals surface area contributed by atoms with Gasteiger partial charge in [-0.15, -0.1) is 0 Å². The van der Waals surface area contributed by atoms with E-state index in [1.165, 1.54) is 6.26 Å². The van der Waals surface area contributed by atoms with Crippen LogP contribution in [0.5, 0.6) is 0 Å². The van der Waals surface area contributed by atoms with Gasteiger partial charge < -0.3 is 42.6 Å². The predicted octanol–water partition coefficient (Wildman–Crippen LogP) is 0.992. The lowest BCUT2D eigenvalue weighted by molar-refractivity contribution is -0.139. The summed E-state index contributed by atoms with van der Waals surface area (Å²) in [5.41, 5.74) is 0. The first-order chi connectivity index (χ1) is 15.3. The molecule has 0 radical (unpaired) electrons. The summed E-state index contributed by atoms with van der Waals surface area (Å²) in [7, 11) is 0. The molecule has 0 heterocycles. The largest absolute Gasteiger partial charge is 0.499 e. The van der Waals surface area contributed by atoms with Crippen LogP contribution in [-0.4, -0.2) is 112 Å². The van der Waals surface area contributed by atoms with Gasteiger partial charge in [0.1, 0.15) is 13.2 Å². The number of rotatable bonds is 26. The first-order valence-electron chi connectivity index (χ1n) is 10.4. The fraction of sp³-hybridized carbons (Fsp3) is 0.762. The van der Waals surface area contributed by atoms with Gasteiger partial charge in [-0.05, 0) is 0 Å². The van der Waals surface area contributed by atoms with E-state index in [0.717, 1.165) is 6.08 Å². The van der Waals surface area contributed by atoms with Crippen LogP contribution in [0.15, 0.2) is 25.5 Å². The van der Waals surface area contributed by atoms with E-state index in [1.807, 2.05) is 0 Å². The summed E-state index contributed by atoms with van der Waals surface area (Å²) in [6.07, 6.45) is 2.50. The van der Waals surface area contributed by atoms with Gasteiger partial charge in [0, 0.05) is 6.08 Å². The third kappa shape index (κ3) is 26.4. The second-order valence-corrected chi connectivity index (χ2v) is 5.70. The van der Waals surface area contributed by atoms with Gasteiger partial charge >= 0.3 is 5.97 Å². The Kier molecular flexibility index (Phi) is 25.2. The highest BCUT2D eigenvalue weighted by Crippen LogP contribution is 1.86. The standard InChI is InChI=1S/C21H38O10/c1-3-21(22)31-20-19-30-18-17-29-16-15-28-14-13-27-12-11-26-10-9-25-8-7-24-6-5-23-4-2/h3-4H,1-2,5-20H2. The summed E-state index contributed by atoms with van der Waals surface area (Å²) in [4.78, 5) is 10.8. The third-order valence-electron chi connectivity index (χ3n) is 3.33. The molecule has 10 nitrogen and oxygen atoms in total. The monoisotopic (exact) mass is 450 g/mol. The highest BCUT2D eigenvalue weighted by molar-refractivity contribution is 5.81. The van der Waals surface area contributed by atoms with Crippen LogP contribution in [0.4, 0.5) is 0 Å². The molecule has 0 saturated heterocycles. The quantitative estimate of drug-likeness (QED) is 0.0821. The van der Waals surface area contributed by atoms with Crippen molar-refractivity contribution in [1.29, 1.82) is 0 Å². The second kappa shape index (κ2) is 26.5. The minimum atomic E-state index is -0.456. The van der Waals surface area contributed by atoms with Crippen molar-refractivity contribution in [2.24, 2.45) is 0 Å². The molecular weight excluding hydrogens is 412 g/mol. The molecule has 0 aromatic heterocycles. The van der Waals surface area contributed by atoms with Crippen molar-refractivity contribution >= 4 is 5.97 Å². The molecule has 0 unspecified atom stereocenters. The van der Waals surface area contributed by atoms with E-state index in [9.17, 15) is 4.79 Å². The van der Waals surface area contributed by atoms with Gasteiger partial charge in [-0.1, -0.05) is 13.2 Å². The third-order valence-corrected chi connectivity index (χ3v) is 3.33. The molecule has 0 spiro atoms. The Balaban J connectivity index is 3.03. The number of hydrogen-bond donors (Lipinski definition) is 0. The van der Waals surface area contributed by atoms with Gasteiger partial charge in [0.15, 0.2) is 0 Å².